The minimum Gasteiger partial charge on any atom is -0.469 e. The van der Waals surface area contributed by atoms with Gasteiger partial charge in [0.25, 0.3) is 0 Å². The van der Waals surface area contributed by atoms with E-state index in [9.17, 15) is 9.18 Å². The van der Waals surface area contributed by atoms with Gasteiger partial charge < -0.3 is 4.74 Å². The molecular weight excluding hydrogens is 233 g/mol. The third-order valence-electron chi connectivity index (χ3n) is 3.51. The van der Waals surface area contributed by atoms with E-state index in [0.29, 0.717) is 0 Å². The molecule has 0 bridgehead atoms. The van der Waals surface area contributed by atoms with E-state index in [4.69, 9.17) is 4.74 Å². The van der Waals surface area contributed by atoms with Gasteiger partial charge in [0.05, 0.1) is 13.0 Å². The summed E-state index contributed by atoms with van der Waals surface area (Å²) in [6.45, 7) is 4.28. The lowest BCUT2D eigenvalue weighted by atomic mass is 10.1. The molecule has 1 aliphatic rings. The average molecular weight is 251 g/mol. The van der Waals surface area contributed by atoms with Crippen molar-refractivity contribution in [1.82, 2.24) is 4.90 Å². The van der Waals surface area contributed by atoms with Crippen molar-refractivity contribution in [1.29, 1.82) is 0 Å². The molecule has 98 valence electrons. The van der Waals surface area contributed by atoms with Crippen LogP contribution in [0.5, 0.6) is 0 Å². The molecule has 18 heavy (non-hydrogen) atoms. The summed E-state index contributed by atoms with van der Waals surface area (Å²) in [7, 11) is 1.43. The molecule has 1 aromatic rings. The van der Waals surface area contributed by atoms with Gasteiger partial charge in [0, 0.05) is 13.1 Å². The van der Waals surface area contributed by atoms with Crippen LogP contribution in [0, 0.1) is 18.7 Å². The van der Waals surface area contributed by atoms with Crippen molar-refractivity contribution in [3.05, 3.63) is 35.1 Å². The molecule has 1 saturated heterocycles. The fraction of sp³-hybridized carbons (Fsp3) is 0.500. The molecule has 1 unspecified atom stereocenters. The number of halogens is 1. The van der Waals surface area contributed by atoms with Crippen LogP contribution in [0.4, 0.5) is 4.39 Å². The van der Waals surface area contributed by atoms with Gasteiger partial charge in [-0.2, -0.15) is 0 Å². The zero-order chi connectivity index (χ0) is 13.1. The molecule has 1 heterocycles. The number of carbonyl (C=O) groups excluding carboxylic acids is 1. The van der Waals surface area contributed by atoms with Crippen LogP contribution in [-0.4, -0.2) is 31.1 Å². The van der Waals surface area contributed by atoms with Gasteiger partial charge >= 0.3 is 5.97 Å². The molecule has 0 radical (unpaired) electrons. The number of likely N-dealkylation sites (tertiary alicyclic amines) is 1. The van der Waals surface area contributed by atoms with Crippen molar-refractivity contribution in [3.63, 3.8) is 0 Å². The monoisotopic (exact) mass is 251 g/mol. The van der Waals surface area contributed by atoms with Gasteiger partial charge in [0.2, 0.25) is 0 Å². The average Bonchev–Trinajstić information content (AvgIpc) is 2.80. The number of benzene rings is 1. The van der Waals surface area contributed by atoms with Crippen LogP contribution >= 0.6 is 0 Å². The van der Waals surface area contributed by atoms with E-state index in [0.717, 1.165) is 37.2 Å². The standard InChI is InChI=1S/C14H18FNO2/c1-10-7-13(15)4-3-11(10)8-16-6-5-12(9-16)14(17)18-2/h3-4,7,12H,5-6,8-9H2,1-2H3. The SMILES string of the molecule is COC(=O)C1CCN(Cc2ccc(F)cc2C)C1. The molecule has 3 nitrogen and oxygen atoms in total. The summed E-state index contributed by atoms with van der Waals surface area (Å²) < 4.78 is 17.8. The summed E-state index contributed by atoms with van der Waals surface area (Å²) >= 11 is 0. The molecule has 1 aliphatic heterocycles. The summed E-state index contributed by atoms with van der Waals surface area (Å²) in [5.74, 6) is -0.353. The van der Waals surface area contributed by atoms with Crippen LogP contribution in [0.2, 0.25) is 0 Å². The highest BCUT2D eigenvalue weighted by molar-refractivity contribution is 5.72. The Morgan fingerprint density at radius 1 is 1.56 bits per heavy atom. The van der Waals surface area contributed by atoms with E-state index in [1.807, 2.05) is 13.0 Å². The van der Waals surface area contributed by atoms with Crippen LogP contribution in [0.3, 0.4) is 0 Å². The second kappa shape index (κ2) is 5.48. The Kier molecular flexibility index (Phi) is 3.97. The Hall–Kier alpha value is -1.42. The molecule has 0 saturated carbocycles. The van der Waals surface area contributed by atoms with Crippen molar-refractivity contribution in [2.75, 3.05) is 20.2 Å². The molecule has 2 rings (SSSR count). The number of methoxy groups -OCH3 is 1. The van der Waals surface area contributed by atoms with E-state index in [2.05, 4.69) is 4.90 Å². The van der Waals surface area contributed by atoms with Crippen molar-refractivity contribution in [2.45, 2.75) is 19.9 Å². The number of rotatable bonds is 3. The highest BCUT2D eigenvalue weighted by Crippen LogP contribution is 2.21. The highest BCUT2D eigenvalue weighted by atomic mass is 19.1. The lowest BCUT2D eigenvalue weighted by molar-refractivity contribution is -0.144. The third-order valence-corrected chi connectivity index (χ3v) is 3.51. The van der Waals surface area contributed by atoms with E-state index >= 15 is 0 Å². The Morgan fingerprint density at radius 2 is 2.33 bits per heavy atom. The number of aryl methyl sites for hydroxylation is 1. The first-order valence-electron chi connectivity index (χ1n) is 6.15. The topological polar surface area (TPSA) is 29.5 Å². The lowest BCUT2D eigenvalue weighted by Gasteiger charge is -2.17. The zero-order valence-corrected chi connectivity index (χ0v) is 10.8. The molecule has 0 amide bonds. The van der Waals surface area contributed by atoms with Crippen LogP contribution in [0.15, 0.2) is 18.2 Å². The van der Waals surface area contributed by atoms with Gasteiger partial charge in [-0.3, -0.25) is 9.69 Å². The first kappa shape index (κ1) is 13.0. The maximum absolute atomic E-state index is 13.0. The molecule has 0 aromatic heterocycles. The predicted octanol–water partition coefficient (Wildman–Crippen LogP) is 2.13. The van der Waals surface area contributed by atoms with Crippen molar-refractivity contribution in [2.24, 2.45) is 5.92 Å². The van der Waals surface area contributed by atoms with E-state index in [1.165, 1.54) is 13.2 Å². The molecule has 1 aromatic carbocycles. The summed E-state index contributed by atoms with van der Waals surface area (Å²) in [5.41, 5.74) is 2.07. The number of hydrogen-bond donors (Lipinski definition) is 0. The number of ether oxygens (including phenoxy) is 1. The zero-order valence-electron chi connectivity index (χ0n) is 10.8. The maximum atomic E-state index is 13.0. The minimum atomic E-state index is -0.204. The molecule has 0 spiro atoms. The number of hydrogen-bond acceptors (Lipinski definition) is 3. The van der Waals surface area contributed by atoms with Crippen LogP contribution in [0.1, 0.15) is 17.5 Å². The molecule has 4 heteroatoms. The number of esters is 1. The first-order valence-corrected chi connectivity index (χ1v) is 6.15. The Morgan fingerprint density at radius 3 is 3.00 bits per heavy atom. The molecule has 1 fully saturated rings. The van der Waals surface area contributed by atoms with Crippen molar-refractivity contribution >= 4 is 5.97 Å². The van der Waals surface area contributed by atoms with Crippen molar-refractivity contribution in [3.8, 4) is 0 Å². The third kappa shape index (κ3) is 2.88. The highest BCUT2D eigenvalue weighted by Gasteiger charge is 2.28. The summed E-state index contributed by atoms with van der Waals surface area (Å²) in [5, 5.41) is 0. The fourth-order valence-electron chi connectivity index (χ4n) is 2.41. The molecule has 0 aliphatic carbocycles. The fourth-order valence-corrected chi connectivity index (χ4v) is 2.41. The van der Waals surface area contributed by atoms with Gasteiger partial charge in [0.1, 0.15) is 5.82 Å². The Balaban J connectivity index is 1.97. The second-order valence-corrected chi connectivity index (χ2v) is 4.81. The lowest BCUT2D eigenvalue weighted by Crippen LogP contribution is -2.24. The van der Waals surface area contributed by atoms with E-state index in [1.54, 1.807) is 6.07 Å². The second-order valence-electron chi connectivity index (χ2n) is 4.81. The Labute approximate surface area is 107 Å². The van der Waals surface area contributed by atoms with Gasteiger partial charge in [-0.15, -0.1) is 0 Å². The normalized spacial score (nSPS) is 20.1. The molecular formula is C14H18FNO2. The van der Waals surface area contributed by atoms with E-state index < -0.39 is 0 Å². The summed E-state index contributed by atoms with van der Waals surface area (Å²) in [6, 6.07) is 4.84. The van der Waals surface area contributed by atoms with Gasteiger partial charge in [-0.25, -0.2) is 4.39 Å². The Bertz CT molecular complexity index is 447. The quantitative estimate of drug-likeness (QED) is 0.771. The molecule has 0 N–H and O–H groups in total. The van der Waals surface area contributed by atoms with Gasteiger partial charge in [-0.1, -0.05) is 6.07 Å². The van der Waals surface area contributed by atoms with Gasteiger partial charge in [0.15, 0.2) is 0 Å². The predicted molar refractivity (Wildman–Crippen MR) is 66.5 cm³/mol. The van der Waals surface area contributed by atoms with Crippen LogP contribution in [0.25, 0.3) is 0 Å². The molecule has 1 atom stereocenters. The number of nitrogens with zero attached hydrogens (tertiary/aromatic N) is 1. The van der Waals surface area contributed by atoms with Crippen molar-refractivity contribution < 1.29 is 13.9 Å². The maximum Gasteiger partial charge on any atom is 0.310 e. The number of carbonyl (C=O) groups is 1. The van der Waals surface area contributed by atoms with E-state index in [-0.39, 0.29) is 17.7 Å². The summed E-state index contributed by atoms with van der Waals surface area (Å²) in [4.78, 5) is 13.6. The smallest absolute Gasteiger partial charge is 0.310 e. The van der Waals surface area contributed by atoms with Crippen LogP contribution in [-0.2, 0) is 16.1 Å². The van der Waals surface area contributed by atoms with Gasteiger partial charge in [-0.05, 0) is 43.1 Å². The van der Waals surface area contributed by atoms with Crippen LogP contribution < -0.4 is 0 Å². The first-order chi connectivity index (χ1) is 8.60. The minimum absolute atomic E-state index is 0.0178. The largest absolute Gasteiger partial charge is 0.469 e. The summed E-state index contributed by atoms with van der Waals surface area (Å²) in [6.07, 6.45) is 0.840.